The van der Waals surface area contributed by atoms with Crippen LogP contribution in [0.1, 0.15) is 31.9 Å². The highest BCUT2D eigenvalue weighted by Crippen LogP contribution is 2.31. The molecule has 1 aliphatic heterocycles. The van der Waals surface area contributed by atoms with Crippen LogP contribution in [0.3, 0.4) is 0 Å². The number of carbonyl (C=O) groups is 1. The van der Waals surface area contributed by atoms with Gasteiger partial charge in [0.25, 0.3) is 0 Å². The summed E-state index contributed by atoms with van der Waals surface area (Å²) in [6, 6.07) is 15.2. The number of nitrogens with zero attached hydrogens (tertiary/aromatic N) is 2. The van der Waals surface area contributed by atoms with Crippen LogP contribution in [0.4, 0.5) is 5.69 Å². The average molecular weight is 416 g/mol. The lowest BCUT2D eigenvalue weighted by molar-refractivity contribution is -0.120. The van der Waals surface area contributed by atoms with Crippen LogP contribution in [-0.4, -0.2) is 44.3 Å². The molecule has 0 saturated heterocycles. The van der Waals surface area contributed by atoms with Crippen molar-refractivity contribution in [3.8, 4) is 0 Å². The zero-order valence-corrected chi connectivity index (χ0v) is 18.1. The number of carbonyl (C=O) groups excluding carboxylic acids is 1. The Bertz CT molecular complexity index is 954. The van der Waals surface area contributed by atoms with E-state index in [1.54, 1.807) is 24.3 Å². The largest absolute Gasteiger partial charge is 0.359 e. The second-order valence-corrected chi connectivity index (χ2v) is 9.26. The standard InChI is InChI=1S/C22H29N3O3S/c1-4-24(5-2)29(27,28)20-12-10-18(11-13-20)15-23-22(26)16-25-17(3)14-19-8-6-7-9-21(19)25/h6-13,17H,4-5,14-16H2,1-3H3,(H,23,26)/t17-/m0/s1. The van der Waals surface area contributed by atoms with Crippen LogP contribution in [0.2, 0.25) is 0 Å². The highest BCUT2D eigenvalue weighted by Gasteiger charge is 2.27. The number of benzene rings is 2. The third kappa shape index (κ3) is 4.62. The van der Waals surface area contributed by atoms with Crippen LogP contribution in [0, 0.1) is 0 Å². The van der Waals surface area contributed by atoms with Crippen LogP contribution in [0.15, 0.2) is 53.4 Å². The van der Waals surface area contributed by atoms with Gasteiger partial charge in [-0.2, -0.15) is 4.31 Å². The van der Waals surface area contributed by atoms with Gasteiger partial charge in [-0.25, -0.2) is 8.42 Å². The highest BCUT2D eigenvalue weighted by molar-refractivity contribution is 7.89. The van der Waals surface area contributed by atoms with Crippen LogP contribution in [0.5, 0.6) is 0 Å². The molecular weight excluding hydrogens is 386 g/mol. The van der Waals surface area contributed by atoms with Crippen LogP contribution < -0.4 is 10.2 Å². The Hall–Kier alpha value is -2.38. The highest BCUT2D eigenvalue weighted by atomic mass is 32.2. The number of sulfonamides is 1. The van der Waals surface area contributed by atoms with Crippen molar-refractivity contribution < 1.29 is 13.2 Å². The predicted octanol–water partition coefficient (Wildman–Crippen LogP) is 2.78. The van der Waals surface area contributed by atoms with Crippen LogP contribution in [0.25, 0.3) is 0 Å². The number of rotatable bonds is 8. The van der Waals surface area contributed by atoms with Gasteiger partial charge in [0.2, 0.25) is 15.9 Å². The van der Waals surface area contributed by atoms with Crippen LogP contribution >= 0.6 is 0 Å². The molecule has 1 amide bonds. The molecule has 0 aromatic heterocycles. The van der Waals surface area contributed by atoms with E-state index in [4.69, 9.17) is 0 Å². The Morgan fingerprint density at radius 1 is 1.10 bits per heavy atom. The van der Waals surface area contributed by atoms with Crippen molar-refractivity contribution >= 4 is 21.6 Å². The molecule has 6 nitrogen and oxygen atoms in total. The number of hydrogen-bond donors (Lipinski definition) is 1. The monoisotopic (exact) mass is 415 g/mol. The molecule has 0 radical (unpaired) electrons. The summed E-state index contributed by atoms with van der Waals surface area (Å²) >= 11 is 0. The lowest BCUT2D eigenvalue weighted by Gasteiger charge is -2.24. The first-order chi connectivity index (χ1) is 13.9. The summed E-state index contributed by atoms with van der Waals surface area (Å²) in [4.78, 5) is 14.9. The maximum atomic E-state index is 12.5. The third-order valence-corrected chi connectivity index (χ3v) is 7.48. The topological polar surface area (TPSA) is 69.7 Å². The van der Waals surface area contributed by atoms with Gasteiger partial charge < -0.3 is 10.2 Å². The lowest BCUT2D eigenvalue weighted by Crippen LogP contribution is -2.39. The van der Waals surface area contributed by atoms with Gasteiger partial charge in [-0.15, -0.1) is 0 Å². The molecule has 0 bridgehead atoms. The molecule has 0 fully saturated rings. The number of hydrogen-bond acceptors (Lipinski definition) is 4. The second-order valence-electron chi connectivity index (χ2n) is 7.32. The molecule has 1 aliphatic rings. The summed E-state index contributed by atoms with van der Waals surface area (Å²) in [7, 11) is -3.46. The van der Waals surface area contributed by atoms with Gasteiger partial charge in [0.05, 0.1) is 11.4 Å². The molecule has 0 aliphatic carbocycles. The van der Waals surface area contributed by atoms with Crippen molar-refractivity contribution in [1.82, 2.24) is 9.62 Å². The lowest BCUT2D eigenvalue weighted by atomic mass is 10.1. The molecule has 1 heterocycles. The van der Waals surface area contributed by atoms with E-state index in [9.17, 15) is 13.2 Å². The fourth-order valence-electron chi connectivity index (χ4n) is 3.77. The smallest absolute Gasteiger partial charge is 0.243 e. The quantitative estimate of drug-likeness (QED) is 0.720. The predicted molar refractivity (Wildman–Crippen MR) is 115 cm³/mol. The van der Waals surface area contributed by atoms with E-state index in [2.05, 4.69) is 29.3 Å². The first-order valence-corrected chi connectivity index (χ1v) is 11.5. The Morgan fingerprint density at radius 2 is 1.76 bits per heavy atom. The molecule has 0 spiro atoms. The number of nitrogens with one attached hydrogen (secondary N) is 1. The summed E-state index contributed by atoms with van der Waals surface area (Å²) in [5.74, 6) is -0.0478. The van der Waals surface area contributed by atoms with Gasteiger partial charge in [-0.05, 0) is 42.7 Å². The maximum absolute atomic E-state index is 12.5. The normalized spacial score (nSPS) is 16.1. The fraction of sp³-hybridized carbons (Fsp3) is 0.409. The molecule has 3 rings (SSSR count). The van der Waals surface area contributed by atoms with Gasteiger partial charge in [0.15, 0.2) is 0 Å². The van der Waals surface area contributed by atoms with Gasteiger partial charge in [0.1, 0.15) is 0 Å². The molecule has 0 saturated carbocycles. The summed E-state index contributed by atoms with van der Waals surface area (Å²) < 4.78 is 26.5. The number of fused-ring (bicyclic) bond motifs is 1. The summed E-state index contributed by atoms with van der Waals surface area (Å²) in [5.41, 5.74) is 3.27. The Labute approximate surface area is 173 Å². The Morgan fingerprint density at radius 3 is 2.41 bits per heavy atom. The molecule has 156 valence electrons. The third-order valence-electron chi connectivity index (χ3n) is 5.42. The van der Waals surface area contributed by atoms with Crippen molar-refractivity contribution in [2.45, 2.75) is 44.7 Å². The Kier molecular flexibility index (Phi) is 6.59. The van der Waals surface area contributed by atoms with E-state index in [1.165, 1.54) is 9.87 Å². The summed E-state index contributed by atoms with van der Waals surface area (Å²) in [6.45, 7) is 7.34. The van der Waals surface area contributed by atoms with Gasteiger partial charge in [0, 0.05) is 31.4 Å². The minimum absolute atomic E-state index is 0.0478. The second kappa shape index (κ2) is 8.97. The van der Waals surface area contributed by atoms with E-state index in [-0.39, 0.29) is 10.8 Å². The minimum atomic E-state index is -3.46. The summed E-state index contributed by atoms with van der Waals surface area (Å²) in [6.07, 6.45) is 0.950. The molecule has 2 aromatic carbocycles. The zero-order valence-electron chi connectivity index (χ0n) is 17.3. The van der Waals surface area contributed by atoms with E-state index in [0.29, 0.717) is 32.2 Å². The van der Waals surface area contributed by atoms with E-state index < -0.39 is 10.0 Å². The van der Waals surface area contributed by atoms with Gasteiger partial charge >= 0.3 is 0 Å². The van der Waals surface area contributed by atoms with E-state index in [0.717, 1.165) is 17.7 Å². The number of anilines is 1. The van der Waals surface area contributed by atoms with E-state index in [1.807, 2.05) is 26.0 Å². The molecule has 7 heteroatoms. The molecular formula is C22H29N3O3S. The fourth-order valence-corrected chi connectivity index (χ4v) is 5.23. The van der Waals surface area contributed by atoms with Crippen molar-refractivity contribution in [3.05, 3.63) is 59.7 Å². The van der Waals surface area contributed by atoms with Crippen molar-refractivity contribution in [2.75, 3.05) is 24.5 Å². The average Bonchev–Trinajstić information content (AvgIpc) is 3.02. The molecule has 0 unspecified atom stereocenters. The molecule has 1 N–H and O–H groups in total. The first-order valence-electron chi connectivity index (χ1n) is 10.1. The van der Waals surface area contributed by atoms with Gasteiger partial charge in [-0.1, -0.05) is 44.2 Å². The Balaban J connectivity index is 1.59. The maximum Gasteiger partial charge on any atom is 0.243 e. The number of para-hydroxylation sites is 1. The van der Waals surface area contributed by atoms with Crippen LogP contribution in [-0.2, 0) is 27.8 Å². The van der Waals surface area contributed by atoms with E-state index >= 15 is 0 Å². The summed E-state index contributed by atoms with van der Waals surface area (Å²) in [5, 5.41) is 2.94. The molecule has 1 atom stereocenters. The van der Waals surface area contributed by atoms with Crippen molar-refractivity contribution in [3.63, 3.8) is 0 Å². The minimum Gasteiger partial charge on any atom is -0.359 e. The van der Waals surface area contributed by atoms with Crippen molar-refractivity contribution in [2.24, 2.45) is 0 Å². The SMILES string of the molecule is CCN(CC)S(=O)(=O)c1ccc(CNC(=O)CN2c3ccccc3C[C@@H]2C)cc1. The first kappa shape index (κ1) is 21.3. The molecule has 2 aromatic rings. The number of amides is 1. The molecule has 29 heavy (non-hydrogen) atoms. The zero-order chi connectivity index (χ0) is 21.0. The van der Waals surface area contributed by atoms with Crippen molar-refractivity contribution in [1.29, 1.82) is 0 Å². The van der Waals surface area contributed by atoms with Gasteiger partial charge in [-0.3, -0.25) is 4.79 Å².